The predicted octanol–water partition coefficient (Wildman–Crippen LogP) is 1.73. The number of nitrogens with zero attached hydrogens (tertiary/aromatic N) is 2. The van der Waals surface area contributed by atoms with Crippen LogP contribution in [0.4, 0.5) is 0 Å². The highest BCUT2D eigenvalue weighted by Crippen LogP contribution is 2.29. The number of hydrogen-bond acceptors (Lipinski definition) is 3. The molecule has 1 heterocycles. The Bertz CT molecular complexity index is 544. The first-order chi connectivity index (χ1) is 8.87. The van der Waals surface area contributed by atoms with Crippen molar-refractivity contribution < 1.29 is 13.5 Å². The molecule has 108 valence electrons. The van der Waals surface area contributed by atoms with Gasteiger partial charge in [-0.15, -0.1) is 0 Å². The molecule has 5 nitrogen and oxygen atoms in total. The van der Waals surface area contributed by atoms with Crippen molar-refractivity contribution in [3.05, 3.63) is 18.0 Å². The van der Waals surface area contributed by atoms with Gasteiger partial charge in [0, 0.05) is 31.0 Å². The molecular weight excluding hydrogens is 264 g/mol. The fourth-order valence-corrected chi connectivity index (χ4v) is 3.83. The zero-order valence-electron chi connectivity index (χ0n) is 11.7. The molecule has 0 aromatic carbocycles. The molecule has 0 spiro atoms. The first-order valence-corrected chi connectivity index (χ1v) is 8.11. The summed E-state index contributed by atoms with van der Waals surface area (Å²) in [6, 6.07) is 1.83. The Kier molecular flexibility index (Phi) is 4.03. The standard InChI is InChI=1S/C13H22N2O3S/c1-10(2)15-8-13(7-12(15)9-16)19(17,18)14(3)11-5-4-6-11/h7-8,10-11,16H,4-6,9H2,1-3H3. The molecule has 19 heavy (non-hydrogen) atoms. The number of rotatable bonds is 5. The quantitative estimate of drug-likeness (QED) is 0.896. The Morgan fingerprint density at radius 3 is 2.47 bits per heavy atom. The molecule has 0 bridgehead atoms. The minimum atomic E-state index is -3.44. The summed E-state index contributed by atoms with van der Waals surface area (Å²) in [6.45, 7) is 3.78. The first kappa shape index (κ1) is 14.6. The summed E-state index contributed by atoms with van der Waals surface area (Å²) < 4.78 is 28.3. The summed E-state index contributed by atoms with van der Waals surface area (Å²) in [5, 5.41) is 9.32. The molecule has 2 rings (SSSR count). The monoisotopic (exact) mass is 286 g/mol. The Balaban J connectivity index is 2.34. The van der Waals surface area contributed by atoms with Gasteiger partial charge in [0.25, 0.3) is 0 Å². The van der Waals surface area contributed by atoms with Gasteiger partial charge < -0.3 is 9.67 Å². The second kappa shape index (κ2) is 5.26. The van der Waals surface area contributed by atoms with E-state index in [1.165, 1.54) is 4.31 Å². The lowest BCUT2D eigenvalue weighted by atomic mass is 9.94. The molecule has 6 heteroatoms. The van der Waals surface area contributed by atoms with Crippen molar-refractivity contribution >= 4 is 10.0 Å². The van der Waals surface area contributed by atoms with E-state index in [9.17, 15) is 13.5 Å². The molecule has 0 unspecified atom stereocenters. The maximum Gasteiger partial charge on any atom is 0.244 e. The van der Waals surface area contributed by atoms with Gasteiger partial charge in [-0.3, -0.25) is 0 Å². The summed E-state index contributed by atoms with van der Waals surface area (Å²) in [7, 11) is -1.80. The lowest BCUT2D eigenvalue weighted by molar-refractivity contribution is 0.249. The van der Waals surface area contributed by atoms with Crippen molar-refractivity contribution in [3.63, 3.8) is 0 Å². The van der Waals surface area contributed by atoms with E-state index in [0.29, 0.717) is 5.69 Å². The third kappa shape index (κ3) is 2.57. The molecule has 1 N–H and O–H groups in total. The molecule has 1 aliphatic rings. The second-order valence-electron chi connectivity index (χ2n) is 5.43. The molecule has 1 aliphatic carbocycles. The maximum absolute atomic E-state index is 12.5. The Hall–Kier alpha value is -0.850. The van der Waals surface area contributed by atoms with Crippen LogP contribution in [0, 0.1) is 0 Å². The van der Waals surface area contributed by atoms with E-state index >= 15 is 0 Å². The largest absolute Gasteiger partial charge is 0.390 e. The molecule has 1 aromatic rings. The van der Waals surface area contributed by atoms with E-state index in [-0.39, 0.29) is 23.6 Å². The van der Waals surface area contributed by atoms with E-state index in [1.54, 1.807) is 19.3 Å². The molecule has 0 aliphatic heterocycles. The van der Waals surface area contributed by atoms with Crippen molar-refractivity contribution in [2.45, 2.75) is 56.7 Å². The second-order valence-corrected chi connectivity index (χ2v) is 7.43. The van der Waals surface area contributed by atoms with Gasteiger partial charge in [0.15, 0.2) is 0 Å². The van der Waals surface area contributed by atoms with Crippen LogP contribution in [0.1, 0.15) is 44.8 Å². The normalized spacial score (nSPS) is 17.2. The van der Waals surface area contributed by atoms with Gasteiger partial charge in [0.1, 0.15) is 4.90 Å². The summed E-state index contributed by atoms with van der Waals surface area (Å²) in [6.07, 6.45) is 4.60. The zero-order chi connectivity index (χ0) is 14.2. The highest BCUT2D eigenvalue weighted by atomic mass is 32.2. The molecule has 0 atom stereocenters. The third-order valence-electron chi connectivity index (χ3n) is 3.89. The maximum atomic E-state index is 12.5. The fourth-order valence-electron chi connectivity index (χ4n) is 2.36. The van der Waals surface area contributed by atoms with Crippen molar-refractivity contribution in [2.24, 2.45) is 0 Å². The minimum absolute atomic E-state index is 0.125. The lowest BCUT2D eigenvalue weighted by Crippen LogP contribution is -2.41. The molecule has 0 radical (unpaired) electrons. The Morgan fingerprint density at radius 1 is 1.47 bits per heavy atom. The minimum Gasteiger partial charge on any atom is -0.390 e. The number of aliphatic hydroxyl groups excluding tert-OH is 1. The van der Waals surface area contributed by atoms with Crippen LogP contribution < -0.4 is 0 Å². The molecule has 1 fully saturated rings. The van der Waals surface area contributed by atoms with Crippen LogP contribution in [-0.4, -0.2) is 35.5 Å². The summed E-state index contributed by atoms with van der Waals surface area (Å²) in [5.41, 5.74) is 0.635. The first-order valence-electron chi connectivity index (χ1n) is 6.67. The summed E-state index contributed by atoms with van der Waals surface area (Å²) in [4.78, 5) is 0.277. The molecular formula is C13H22N2O3S. The summed E-state index contributed by atoms with van der Waals surface area (Å²) in [5.74, 6) is 0. The molecule has 1 aromatic heterocycles. The molecule has 0 saturated heterocycles. The predicted molar refractivity (Wildman–Crippen MR) is 73.3 cm³/mol. The Labute approximate surface area is 114 Å². The van der Waals surface area contributed by atoms with Crippen molar-refractivity contribution in [3.8, 4) is 0 Å². The Morgan fingerprint density at radius 2 is 2.11 bits per heavy atom. The van der Waals surface area contributed by atoms with Gasteiger partial charge in [-0.05, 0) is 32.8 Å². The number of aromatic nitrogens is 1. The van der Waals surface area contributed by atoms with Crippen LogP contribution in [-0.2, 0) is 16.6 Å². The van der Waals surface area contributed by atoms with E-state index in [1.807, 2.05) is 18.4 Å². The van der Waals surface area contributed by atoms with Gasteiger partial charge in [0.2, 0.25) is 10.0 Å². The van der Waals surface area contributed by atoms with Crippen LogP contribution in [0.25, 0.3) is 0 Å². The highest BCUT2D eigenvalue weighted by Gasteiger charge is 2.32. The summed E-state index contributed by atoms with van der Waals surface area (Å²) >= 11 is 0. The van der Waals surface area contributed by atoms with Crippen LogP contribution in [0.3, 0.4) is 0 Å². The molecule has 1 saturated carbocycles. The van der Waals surface area contributed by atoms with Crippen LogP contribution >= 0.6 is 0 Å². The van der Waals surface area contributed by atoms with Gasteiger partial charge >= 0.3 is 0 Å². The van der Waals surface area contributed by atoms with Crippen LogP contribution in [0.5, 0.6) is 0 Å². The SMILES string of the molecule is CC(C)n1cc(S(=O)(=O)N(C)C2CCC2)cc1CO. The van der Waals surface area contributed by atoms with E-state index in [4.69, 9.17) is 0 Å². The number of aliphatic hydroxyl groups is 1. The topological polar surface area (TPSA) is 62.5 Å². The van der Waals surface area contributed by atoms with E-state index in [2.05, 4.69) is 0 Å². The fraction of sp³-hybridized carbons (Fsp3) is 0.692. The van der Waals surface area contributed by atoms with Crippen molar-refractivity contribution in [1.82, 2.24) is 8.87 Å². The third-order valence-corrected chi connectivity index (χ3v) is 5.77. The smallest absolute Gasteiger partial charge is 0.244 e. The highest BCUT2D eigenvalue weighted by molar-refractivity contribution is 7.89. The van der Waals surface area contributed by atoms with E-state index < -0.39 is 10.0 Å². The van der Waals surface area contributed by atoms with Crippen LogP contribution in [0.2, 0.25) is 0 Å². The van der Waals surface area contributed by atoms with Gasteiger partial charge in [0.05, 0.1) is 6.61 Å². The number of sulfonamides is 1. The average Bonchev–Trinajstić information content (AvgIpc) is 2.71. The lowest BCUT2D eigenvalue weighted by Gasteiger charge is -2.33. The molecule has 0 amide bonds. The average molecular weight is 286 g/mol. The van der Waals surface area contributed by atoms with Crippen LogP contribution in [0.15, 0.2) is 17.2 Å². The van der Waals surface area contributed by atoms with Gasteiger partial charge in [-0.2, -0.15) is 4.31 Å². The number of hydrogen-bond donors (Lipinski definition) is 1. The van der Waals surface area contributed by atoms with Gasteiger partial charge in [-0.1, -0.05) is 6.42 Å². The van der Waals surface area contributed by atoms with Crippen molar-refractivity contribution in [1.29, 1.82) is 0 Å². The van der Waals surface area contributed by atoms with Crippen molar-refractivity contribution in [2.75, 3.05) is 7.05 Å². The zero-order valence-corrected chi connectivity index (χ0v) is 12.5. The van der Waals surface area contributed by atoms with Gasteiger partial charge in [-0.25, -0.2) is 8.42 Å². The van der Waals surface area contributed by atoms with E-state index in [0.717, 1.165) is 19.3 Å².